The zero-order valence-corrected chi connectivity index (χ0v) is 15.8. The molecule has 1 aliphatic rings. The summed E-state index contributed by atoms with van der Waals surface area (Å²) >= 11 is 3.41. The summed E-state index contributed by atoms with van der Waals surface area (Å²) in [6, 6.07) is 8.43. The van der Waals surface area contributed by atoms with Crippen molar-refractivity contribution in [1.82, 2.24) is 14.7 Å². The number of imidazole rings is 1. The van der Waals surface area contributed by atoms with Crippen molar-refractivity contribution in [2.45, 2.75) is 25.4 Å². The Balaban J connectivity index is 1.52. The third kappa shape index (κ3) is 3.92. The minimum atomic E-state index is -0.489. The van der Waals surface area contributed by atoms with E-state index >= 15 is 0 Å². The van der Waals surface area contributed by atoms with Crippen LogP contribution in [0.25, 0.3) is 5.65 Å². The molecule has 0 aliphatic heterocycles. The van der Waals surface area contributed by atoms with Crippen LogP contribution in [0.3, 0.4) is 0 Å². The van der Waals surface area contributed by atoms with Crippen molar-refractivity contribution in [1.29, 1.82) is 0 Å². The van der Waals surface area contributed by atoms with Gasteiger partial charge in [0.1, 0.15) is 11.3 Å². The molecule has 1 saturated carbocycles. The average molecular weight is 430 g/mol. The number of nitrogens with one attached hydrogen (secondary N) is 2. The highest BCUT2D eigenvalue weighted by atomic mass is 79.9. The molecule has 4 rings (SSSR count). The van der Waals surface area contributed by atoms with Gasteiger partial charge in [-0.3, -0.25) is 14.9 Å². The number of fused-ring (bicyclic) bond motifs is 1. The van der Waals surface area contributed by atoms with E-state index in [0.29, 0.717) is 12.2 Å². The lowest BCUT2D eigenvalue weighted by molar-refractivity contribution is -0.384. The number of anilines is 1. The largest absolute Gasteiger partial charge is 0.374 e. The normalized spacial score (nSPS) is 13.5. The molecule has 0 spiro atoms. The quantitative estimate of drug-likeness (QED) is 0.461. The fourth-order valence-electron chi connectivity index (χ4n) is 2.76. The lowest BCUT2D eigenvalue weighted by Crippen LogP contribution is -2.25. The maximum atomic E-state index is 12.1. The number of halogens is 1. The van der Waals surface area contributed by atoms with E-state index in [4.69, 9.17) is 0 Å². The first-order valence-corrected chi connectivity index (χ1v) is 9.25. The van der Waals surface area contributed by atoms with Crippen LogP contribution < -0.4 is 10.6 Å². The number of amides is 1. The number of hydrogen-bond donors (Lipinski definition) is 2. The Bertz CT molecular complexity index is 1040. The Hall–Kier alpha value is -2.94. The van der Waals surface area contributed by atoms with Crippen molar-refractivity contribution >= 4 is 38.9 Å². The van der Waals surface area contributed by atoms with Gasteiger partial charge in [0.2, 0.25) is 0 Å². The first kappa shape index (κ1) is 17.5. The fourth-order valence-corrected chi connectivity index (χ4v) is 3.11. The zero-order valence-electron chi connectivity index (χ0n) is 14.2. The van der Waals surface area contributed by atoms with E-state index in [1.54, 1.807) is 12.1 Å². The van der Waals surface area contributed by atoms with Gasteiger partial charge in [0.05, 0.1) is 17.2 Å². The summed E-state index contributed by atoms with van der Waals surface area (Å²) in [6.07, 6.45) is 5.67. The smallest absolute Gasteiger partial charge is 0.293 e. The summed E-state index contributed by atoms with van der Waals surface area (Å²) < 4.78 is 2.81. The van der Waals surface area contributed by atoms with Gasteiger partial charge in [-0.1, -0.05) is 0 Å². The summed E-state index contributed by atoms with van der Waals surface area (Å²) in [5.41, 5.74) is 2.04. The predicted molar refractivity (Wildman–Crippen MR) is 104 cm³/mol. The van der Waals surface area contributed by atoms with Gasteiger partial charge in [-0.05, 0) is 53.0 Å². The standard InChI is InChI=1S/C18H16BrN5O3/c19-12-2-6-17-21-14(10-23(17)9-12)8-20-15-5-1-11(7-16(15)24(26)27)18(25)22-13-3-4-13/h1-2,5-7,9-10,13,20H,3-4,8H2,(H,22,25). The highest BCUT2D eigenvalue weighted by Crippen LogP contribution is 2.27. The van der Waals surface area contributed by atoms with E-state index in [2.05, 4.69) is 31.5 Å². The second-order valence-corrected chi connectivity index (χ2v) is 7.35. The van der Waals surface area contributed by atoms with Crippen LogP contribution in [0.15, 0.2) is 47.2 Å². The van der Waals surface area contributed by atoms with E-state index < -0.39 is 4.92 Å². The minimum Gasteiger partial charge on any atom is -0.374 e. The molecule has 0 atom stereocenters. The molecule has 8 nitrogen and oxygen atoms in total. The van der Waals surface area contributed by atoms with Crippen LogP contribution in [-0.4, -0.2) is 26.3 Å². The maximum Gasteiger partial charge on any atom is 0.293 e. The molecule has 138 valence electrons. The average Bonchev–Trinajstić information content (AvgIpc) is 3.36. The molecule has 2 heterocycles. The van der Waals surface area contributed by atoms with Crippen molar-refractivity contribution in [2.24, 2.45) is 0 Å². The molecule has 2 N–H and O–H groups in total. The molecule has 3 aromatic rings. The number of nitrogens with zero attached hydrogens (tertiary/aromatic N) is 3. The summed E-state index contributed by atoms with van der Waals surface area (Å²) in [6.45, 7) is 0.327. The number of nitro benzene ring substituents is 1. The highest BCUT2D eigenvalue weighted by molar-refractivity contribution is 9.10. The van der Waals surface area contributed by atoms with Crippen LogP contribution in [0.5, 0.6) is 0 Å². The Morgan fingerprint density at radius 2 is 2.11 bits per heavy atom. The Labute approximate surface area is 162 Å². The molecule has 9 heteroatoms. The lowest BCUT2D eigenvalue weighted by Gasteiger charge is -2.08. The maximum absolute atomic E-state index is 12.1. The van der Waals surface area contributed by atoms with Crippen LogP contribution in [0.1, 0.15) is 28.9 Å². The molecule has 1 fully saturated rings. The van der Waals surface area contributed by atoms with Gasteiger partial charge in [-0.15, -0.1) is 0 Å². The molecule has 0 radical (unpaired) electrons. The van der Waals surface area contributed by atoms with Gasteiger partial charge in [-0.2, -0.15) is 0 Å². The Kier molecular flexibility index (Phi) is 4.53. The predicted octanol–water partition coefficient (Wildman–Crippen LogP) is 3.51. The second-order valence-electron chi connectivity index (χ2n) is 6.44. The Morgan fingerprint density at radius 1 is 1.30 bits per heavy atom. The molecule has 1 aromatic carbocycles. The SMILES string of the molecule is O=C(NC1CC1)c1ccc(NCc2cn3cc(Br)ccc3n2)c([N+](=O)[O-])c1. The molecule has 1 amide bonds. The fraction of sp³-hybridized carbons (Fsp3) is 0.222. The van der Waals surface area contributed by atoms with Crippen LogP contribution in [0.2, 0.25) is 0 Å². The number of benzene rings is 1. The first-order valence-electron chi connectivity index (χ1n) is 8.46. The molecule has 0 saturated heterocycles. The van der Waals surface area contributed by atoms with Crippen molar-refractivity contribution in [2.75, 3.05) is 5.32 Å². The summed E-state index contributed by atoms with van der Waals surface area (Å²) in [5.74, 6) is -0.280. The number of nitro groups is 1. The molecule has 1 aliphatic carbocycles. The number of pyridine rings is 1. The number of rotatable bonds is 6. The summed E-state index contributed by atoms with van der Waals surface area (Å²) in [4.78, 5) is 27.5. The molecular formula is C18H16BrN5O3. The monoisotopic (exact) mass is 429 g/mol. The van der Waals surface area contributed by atoms with E-state index in [1.165, 1.54) is 6.07 Å². The van der Waals surface area contributed by atoms with Gasteiger partial charge in [0.15, 0.2) is 0 Å². The van der Waals surface area contributed by atoms with E-state index in [9.17, 15) is 14.9 Å². The molecule has 0 bridgehead atoms. The van der Waals surface area contributed by atoms with Gasteiger partial charge in [0.25, 0.3) is 11.6 Å². The van der Waals surface area contributed by atoms with Crippen molar-refractivity contribution in [3.63, 3.8) is 0 Å². The minimum absolute atomic E-state index is 0.134. The van der Waals surface area contributed by atoms with Gasteiger partial charge in [-0.25, -0.2) is 4.98 Å². The topological polar surface area (TPSA) is 102 Å². The van der Waals surface area contributed by atoms with Crippen molar-refractivity contribution < 1.29 is 9.72 Å². The zero-order chi connectivity index (χ0) is 19.0. The van der Waals surface area contributed by atoms with Gasteiger partial charge in [0, 0.05) is 34.5 Å². The number of aromatic nitrogens is 2. The van der Waals surface area contributed by atoms with E-state index in [1.807, 2.05) is 28.9 Å². The van der Waals surface area contributed by atoms with Crippen LogP contribution >= 0.6 is 15.9 Å². The molecule has 2 aromatic heterocycles. The van der Waals surface area contributed by atoms with Crippen LogP contribution in [-0.2, 0) is 6.54 Å². The molecule has 27 heavy (non-hydrogen) atoms. The second kappa shape index (κ2) is 6.99. The third-order valence-electron chi connectivity index (χ3n) is 4.29. The lowest BCUT2D eigenvalue weighted by atomic mass is 10.1. The highest BCUT2D eigenvalue weighted by Gasteiger charge is 2.25. The van der Waals surface area contributed by atoms with Crippen LogP contribution in [0.4, 0.5) is 11.4 Å². The number of hydrogen-bond acceptors (Lipinski definition) is 5. The molecular weight excluding hydrogens is 414 g/mol. The van der Waals surface area contributed by atoms with E-state index in [-0.39, 0.29) is 23.2 Å². The van der Waals surface area contributed by atoms with Crippen molar-refractivity contribution in [3.05, 3.63) is 68.6 Å². The summed E-state index contributed by atoms with van der Waals surface area (Å²) in [7, 11) is 0. The Morgan fingerprint density at radius 3 is 2.85 bits per heavy atom. The molecule has 0 unspecified atom stereocenters. The van der Waals surface area contributed by atoms with E-state index in [0.717, 1.165) is 28.7 Å². The van der Waals surface area contributed by atoms with Crippen molar-refractivity contribution in [3.8, 4) is 0 Å². The number of carbonyl (C=O) groups excluding carboxylic acids is 1. The number of carbonyl (C=O) groups is 1. The van der Waals surface area contributed by atoms with Gasteiger partial charge < -0.3 is 15.0 Å². The third-order valence-corrected chi connectivity index (χ3v) is 4.76. The summed E-state index contributed by atoms with van der Waals surface area (Å²) in [5, 5.41) is 17.3. The van der Waals surface area contributed by atoms with Crippen LogP contribution in [0, 0.1) is 10.1 Å². The first-order chi connectivity index (χ1) is 13.0. The van der Waals surface area contributed by atoms with Gasteiger partial charge >= 0.3 is 0 Å².